The van der Waals surface area contributed by atoms with Crippen LogP contribution in [0.2, 0.25) is 0 Å². The number of amides is 1. The van der Waals surface area contributed by atoms with E-state index in [1.807, 2.05) is 18.2 Å². The van der Waals surface area contributed by atoms with Crippen molar-refractivity contribution in [2.45, 2.75) is 0 Å². The first-order chi connectivity index (χ1) is 12.6. The van der Waals surface area contributed by atoms with E-state index in [2.05, 4.69) is 25.4 Å². The second kappa shape index (κ2) is 6.09. The highest BCUT2D eigenvalue weighted by molar-refractivity contribution is 6.04. The number of rotatable bonds is 4. The molecule has 0 saturated heterocycles. The van der Waals surface area contributed by atoms with Crippen molar-refractivity contribution in [3.05, 3.63) is 70.8 Å². The number of nitrogens with one attached hydrogen (secondary N) is 2. The molecule has 0 aliphatic carbocycles. The molecule has 0 saturated carbocycles. The Hall–Kier alpha value is -4.08. The fourth-order valence-corrected chi connectivity index (χ4v) is 2.53. The molecule has 0 aliphatic heterocycles. The number of benzene rings is 2. The number of fused-ring (bicyclic) bond motifs is 1. The molecule has 2 aromatic carbocycles. The third kappa shape index (κ3) is 2.75. The fraction of sp³-hybridized carbons (Fsp3) is 0. The molecule has 2 N–H and O–H groups in total. The van der Waals surface area contributed by atoms with Gasteiger partial charge in [-0.25, -0.2) is 14.6 Å². The van der Waals surface area contributed by atoms with Crippen LogP contribution < -0.4 is 5.32 Å². The number of aromatic nitrogens is 5. The third-order valence-corrected chi connectivity index (χ3v) is 3.72. The quantitative estimate of drug-likeness (QED) is 0.429. The standard InChI is InChI=1S/C16H11N7O3/c24-15(21-16-19-11-3-1-2-4-12(11)20-16)10-5-6-13(14(7-10)23(25)26)22-9-17-8-18-22/h1-9H,(H2,19,20,21,24). The molecular weight excluding hydrogens is 338 g/mol. The number of imidazole rings is 1. The van der Waals surface area contributed by atoms with Crippen molar-refractivity contribution in [2.75, 3.05) is 5.32 Å². The fourth-order valence-electron chi connectivity index (χ4n) is 2.53. The zero-order valence-corrected chi connectivity index (χ0v) is 13.2. The first kappa shape index (κ1) is 15.4. The zero-order chi connectivity index (χ0) is 18.1. The first-order valence-electron chi connectivity index (χ1n) is 7.51. The maximum atomic E-state index is 12.4. The highest BCUT2D eigenvalue weighted by atomic mass is 16.6. The number of anilines is 1. The number of nitro benzene ring substituents is 1. The van der Waals surface area contributed by atoms with Crippen LogP contribution in [0.3, 0.4) is 0 Å². The smallest absolute Gasteiger partial charge is 0.295 e. The number of aromatic amines is 1. The lowest BCUT2D eigenvalue weighted by Crippen LogP contribution is -2.14. The molecule has 4 rings (SSSR count). The predicted molar refractivity (Wildman–Crippen MR) is 92.1 cm³/mol. The van der Waals surface area contributed by atoms with Crippen molar-refractivity contribution in [3.63, 3.8) is 0 Å². The Morgan fingerprint density at radius 1 is 1.23 bits per heavy atom. The number of hydrogen-bond acceptors (Lipinski definition) is 6. The third-order valence-electron chi connectivity index (χ3n) is 3.72. The van der Waals surface area contributed by atoms with Crippen LogP contribution in [0.5, 0.6) is 0 Å². The van der Waals surface area contributed by atoms with Gasteiger partial charge in [-0.1, -0.05) is 12.1 Å². The topological polar surface area (TPSA) is 132 Å². The number of para-hydroxylation sites is 2. The lowest BCUT2D eigenvalue weighted by molar-refractivity contribution is -0.384. The summed E-state index contributed by atoms with van der Waals surface area (Å²) in [6.07, 6.45) is 2.61. The van der Waals surface area contributed by atoms with Crippen molar-refractivity contribution in [1.82, 2.24) is 24.7 Å². The van der Waals surface area contributed by atoms with Crippen molar-refractivity contribution in [1.29, 1.82) is 0 Å². The Balaban J connectivity index is 1.65. The van der Waals surface area contributed by atoms with Crippen molar-refractivity contribution < 1.29 is 9.72 Å². The summed E-state index contributed by atoms with van der Waals surface area (Å²) in [6.45, 7) is 0. The van der Waals surface area contributed by atoms with Crippen LogP contribution in [0.1, 0.15) is 10.4 Å². The van der Waals surface area contributed by atoms with Crippen molar-refractivity contribution >= 4 is 28.6 Å². The van der Waals surface area contributed by atoms with E-state index < -0.39 is 10.8 Å². The molecule has 0 fully saturated rings. The number of nitro groups is 1. The van der Waals surface area contributed by atoms with Crippen molar-refractivity contribution in [2.24, 2.45) is 0 Å². The number of hydrogen-bond donors (Lipinski definition) is 2. The van der Waals surface area contributed by atoms with Gasteiger partial charge in [0.25, 0.3) is 11.6 Å². The van der Waals surface area contributed by atoms with Crippen LogP contribution in [0.15, 0.2) is 55.1 Å². The number of H-pyrrole nitrogens is 1. The highest BCUT2D eigenvalue weighted by Gasteiger charge is 2.20. The molecule has 0 radical (unpaired) electrons. The zero-order valence-electron chi connectivity index (χ0n) is 13.2. The number of carbonyl (C=O) groups excluding carboxylic acids is 1. The summed E-state index contributed by atoms with van der Waals surface area (Å²) in [5.41, 5.74) is 1.56. The van der Waals surface area contributed by atoms with E-state index in [9.17, 15) is 14.9 Å². The first-order valence-corrected chi connectivity index (χ1v) is 7.51. The van der Waals surface area contributed by atoms with Gasteiger partial charge in [0, 0.05) is 11.6 Å². The number of carbonyl (C=O) groups is 1. The van der Waals surface area contributed by atoms with E-state index in [-0.39, 0.29) is 22.9 Å². The van der Waals surface area contributed by atoms with Crippen LogP contribution in [0.25, 0.3) is 16.7 Å². The van der Waals surface area contributed by atoms with Crippen LogP contribution in [0.4, 0.5) is 11.6 Å². The van der Waals surface area contributed by atoms with E-state index in [0.717, 1.165) is 5.52 Å². The molecule has 2 heterocycles. The lowest BCUT2D eigenvalue weighted by atomic mass is 10.1. The number of nitrogens with zero attached hydrogens (tertiary/aromatic N) is 5. The molecule has 0 aliphatic rings. The lowest BCUT2D eigenvalue weighted by Gasteiger charge is -2.05. The Labute approximate surface area is 145 Å². The summed E-state index contributed by atoms with van der Waals surface area (Å²) in [5.74, 6) is -0.253. The summed E-state index contributed by atoms with van der Waals surface area (Å²) in [7, 11) is 0. The minimum absolute atomic E-state index is 0.126. The molecule has 4 aromatic rings. The molecule has 0 unspecified atom stereocenters. The Bertz CT molecular complexity index is 1090. The minimum Gasteiger partial charge on any atom is -0.324 e. The molecule has 1 amide bonds. The second-order valence-electron chi connectivity index (χ2n) is 5.36. The minimum atomic E-state index is -0.574. The molecule has 10 nitrogen and oxygen atoms in total. The average molecular weight is 349 g/mol. The van der Waals surface area contributed by atoms with Gasteiger partial charge in [0.2, 0.25) is 5.95 Å². The van der Waals surface area contributed by atoms with Gasteiger partial charge >= 0.3 is 0 Å². The average Bonchev–Trinajstić information content (AvgIpc) is 3.30. The van der Waals surface area contributed by atoms with E-state index >= 15 is 0 Å². The van der Waals surface area contributed by atoms with Gasteiger partial charge in [-0.05, 0) is 24.3 Å². The molecular formula is C16H11N7O3. The van der Waals surface area contributed by atoms with Gasteiger partial charge < -0.3 is 4.98 Å². The molecule has 2 aromatic heterocycles. The summed E-state index contributed by atoms with van der Waals surface area (Å²) in [4.78, 5) is 34.2. The molecule has 26 heavy (non-hydrogen) atoms. The van der Waals surface area contributed by atoms with Crippen molar-refractivity contribution in [3.8, 4) is 5.69 Å². The predicted octanol–water partition coefficient (Wildman–Crippen LogP) is 2.30. The van der Waals surface area contributed by atoms with E-state index in [1.165, 1.54) is 35.5 Å². The van der Waals surface area contributed by atoms with Gasteiger partial charge in [-0.15, -0.1) is 0 Å². The largest absolute Gasteiger partial charge is 0.324 e. The summed E-state index contributed by atoms with van der Waals surface area (Å²) < 4.78 is 1.26. The van der Waals surface area contributed by atoms with Crippen LogP contribution in [0, 0.1) is 10.1 Å². The van der Waals surface area contributed by atoms with Crippen LogP contribution in [-0.4, -0.2) is 35.6 Å². The summed E-state index contributed by atoms with van der Waals surface area (Å²) >= 11 is 0. The van der Waals surface area contributed by atoms with E-state index in [0.29, 0.717) is 5.52 Å². The van der Waals surface area contributed by atoms with Gasteiger partial charge in [0.15, 0.2) is 0 Å². The SMILES string of the molecule is O=C(Nc1nc2ccccc2[nH]1)c1ccc(-n2cncn2)c([N+](=O)[O-])c1. The van der Waals surface area contributed by atoms with E-state index in [1.54, 1.807) is 6.07 Å². The Morgan fingerprint density at radius 3 is 2.81 bits per heavy atom. The molecule has 0 bridgehead atoms. The normalized spacial score (nSPS) is 10.8. The maximum absolute atomic E-state index is 12.4. The Kier molecular flexibility index (Phi) is 3.62. The molecule has 0 atom stereocenters. The van der Waals surface area contributed by atoms with Gasteiger partial charge in [-0.2, -0.15) is 5.10 Å². The van der Waals surface area contributed by atoms with Gasteiger partial charge in [-0.3, -0.25) is 20.2 Å². The molecule has 0 spiro atoms. The highest BCUT2D eigenvalue weighted by Crippen LogP contribution is 2.24. The summed E-state index contributed by atoms with van der Waals surface area (Å²) in [6, 6.07) is 11.4. The van der Waals surface area contributed by atoms with Gasteiger partial charge in [0.05, 0.1) is 16.0 Å². The van der Waals surface area contributed by atoms with Gasteiger partial charge in [0.1, 0.15) is 18.3 Å². The monoisotopic (exact) mass is 349 g/mol. The summed E-state index contributed by atoms with van der Waals surface area (Å²) in [5, 5.41) is 17.8. The van der Waals surface area contributed by atoms with Crippen LogP contribution >= 0.6 is 0 Å². The molecule has 10 heteroatoms. The molecule has 128 valence electrons. The second-order valence-corrected chi connectivity index (χ2v) is 5.36. The van der Waals surface area contributed by atoms with E-state index in [4.69, 9.17) is 0 Å². The Morgan fingerprint density at radius 2 is 2.08 bits per heavy atom. The maximum Gasteiger partial charge on any atom is 0.295 e. The van der Waals surface area contributed by atoms with Crippen LogP contribution in [-0.2, 0) is 0 Å².